The lowest BCUT2D eigenvalue weighted by atomic mass is 9.67. The highest BCUT2D eigenvalue weighted by molar-refractivity contribution is 14.0. The second-order valence-corrected chi connectivity index (χ2v) is 5.76. The highest BCUT2D eigenvalue weighted by Gasteiger charge is 2.35. The van der Waals surface area contributed by atoms with Crippen LogP contribution in [0, 0.1) is 5.41 Å². The Morgan fingerprint density at radius 2 is 2.09 bits per heavy atom. The summed E-state index contributed by atoms with van der Waals surface area (Å²) < 4.78 is 0. The molecule has 0 aromatic rings. The van der Waals surface area contributed by atoms with Crippen molar-refractivity contribution in [2.75, 3.05) is 33.2 Å². The minimum Gasteiger partial charge on any atom is -0.356 e. The fourth-order valence-corrected chi connectivity index (χ4v) is 2.79. The standard InChI is InChI=1S/C14H25N5O2.HI/c1-3-14(5-4-6-14)10-18-12(15-2)16-7-8-19-11(20)9-17-13(19)21;/h3-10H2,1-2H3,(H,17,21)(H2,15,16,18);1H. The smallest absolute Gasteiger partial charge is 0.324 e. The third kappa shape index (κ3) is 4.47. The molecule has 3 amide bonds. The van der Waals surface area contributed by atoms with Gasteiger partial charge in [0.1, 0.15) is 0 Å². The van der Waals surface area contributed by atoms with Crippen molar-refractivity contribution in [2.24, 2.45) is 10.4 Å². The molecule has 2 rings (SSSR count). The Morgan fingerprint density at radius 3 is 2.55 bits per heavy atom. The van der Waals surface area contributed by atoms with Crippen LogP contribution in [0.2, 0.25) is 0 Å². The predicted octanol–water partition coefficient (Wildman–Crippen LogP) is 0.901. The van der Waals surface area contributed by atoms with Gasteiger partial charge in [0.05, 0.1) is 6.54 Å². The van der Waals surface area contributed by atoms with Crippen molar-refractivity contribution in [2.45, 2.75) is 32.6 Å². The molecule has 0 aromatic heterocycles. The summed E-state index contributed by atoms with van der Waals surface area (Å²) in [6.45, 7) is 4.11. The predicted molar refractivity (Wildman–Crippen MR) is 96.5 cm³/mol. The lowest BCUT2D eigenvalue weighted by Crippen LogP contribution is -2.48. The monoisotopic (exact) mass is 423 g/mol. The molecule has 0 bridgehead atoms. The van der Waals surface area contributed by atoms with Gasteiger partial charge >= 0.3 is 6.03 Å². The molecule has 22 heavy (non-hydrogen) atoms. The van der Waals surface area contributed by atoms with E-state index >= 15 is 0 Å². The number of nitrogens with zero attached hydrogens (tertiary/aromatic N) is 2. The molecule has 2 fully saturated rings. The first-order valence-corrected chi connectivity index (χ1v) is 7.63. The maximum Gasteiger partial charge on any atom is 0.324 e. The molecule has 1 saturated carbocycles. The fraction of sp³-hybridized carbons (Fsp3) is 0.786. The van der Waals surface area contributed by atoms with Crippen LogP contribution in [0.3, 0.4) is 0 Å². The zero-order chi connectivity index (χ0) is 15.3. The minimum absolute atomic E-state index is 0. The first-order valence-electron chi connectivity index (χ1n) is 7.63. The van der Waals surface area contributed by atoms with Crippen LogP contribution in [0.25, 0.3) is 0 Å². The van der Waals surface area contributed by atoms with Crippen LogP contribution in [0.4, 0.5) is 4.79 Å². The van der Waals surface area contributed by atoms with Gasteiger partial charge in [0.15, 0.2) is 5.96 Å². The molecular formula is C14H26IN5O2. The van der Waals surface area contributed by atoms with E-state index < -0.39 is 0 Å². The van der Waals surface area contributed by atoms with Crippen molar-refractivity contribution in [3.05, 3.63) is 0 Å². The van der Waals surface area contributed by atoms with Crippen molar-refractivity contribution < 1.29 is 9.59 Å². The van der Waals surface area contributed by atoms with Crippen LogP contribution < -0.4 is 16.0 Å². The van der Waals surface area contributed by atoms with Crippen LogP contribution >= 0.6 is 24.0 Å². The number of hydrogen-bond acceptors (Lipinski definition) is 3. The number of guanidine groups is 1. The molecular weight excluding hydrogens is 397 g/mol. The van der Waals surface area contributed by atoms with Crippen molar-refractivity contribution in [1.82, 2.24) is 20.9 Å². The van der Waals surface area contributed by atoms with E-state index in [9.17, 15) is 9.59 Å². The summed E-state index contributed by atoms with van der Waals surface area (Å²) in [4.78, 5) is 28.2. The van der Waals surface area contributed by atoms with Gasteiger partial charge < -0.3 is 16.0 Å². The Labute approximate surface area is 148 Å². The van der Waals surface area contributed by atoms with E-state index in [1.807, 2.05) is 0 Å². The molecule has 0 aromatic carbocycles. The number of imide groups is 1. The molecule has 3 N–H and O–H groups in total. The third-order valence-corrected chi connectivity index (χ3v) is 4.58. The number of aliphatic imine (C=N–C) groups is 1. The van der Waals surface area contributed by atoms with Crippen molar-refractivity contribution in [3.63, 3.8) is 0 Å². The SMILES string of the molecule is CCC1(CNC(=NC)NCCN2C(=O)CNC2=O)CCC1.I. The highest BCUT2D eigenvalue weighted by atomic mass is 127. The van der Waals surface area contributed by atoms with Gasteiger partial charge in [0, 0.05) is 26.7 Å². The molecule has 2 aliphatic rings. The van der Waals surface area contributed by atoms with E-state index in [0.29, 0.717) is 18.5 Å². The maximum absolute atomic E-state index is 11.4. The summed E-state index contributed by atoms with van der Waals surface area (Å²) in [5, 5.41) is 9.00. The number of carbonyl (C=O) groups is 2. The van der Waals surface area contributed by atoms with E-state index in [2.05, 4.69) is 27.9 Å². The Morgan fingerprint density at radius 1 is 1.36 bits per heavy atom. The van der Waals surface area contributed by atoms with Gasteiger partial charge in [0.25, 0.3) is 0 Å². The highest BCUT2D eigenvalue weighted by Crippen LogP contribution is 2.42. The summed E-state index contributed by atoms with van der Waals surface area (Å²) in [6.07, 6.45) is 5.04. The number of rotatable bonds is 6. The largest absolute Gasteiger partial charge is 0.356 e. The van der Waals surface area contributed by atoms with Crippen molar-refractivity contribution in [3.8, 4) is 0 Å². The number of urea groups is 1. The summed E-state index contributed by atoms with van der Waals surface area (Å²) in [6, 6.07) is -0.316. The van der Waals surface area contributed by atoms with E-state index in [1.165, 1.54) is 30.6 Å². The molecule has 0 unspecified atom stereocenters. The zero-order valence-electron chi connectivity index (χ0n) is 13.3. The summed E-state index contributed by atoms with van der Waals surface area (Å²) in [5.74, 6) is 0.547. The Balaban J connectivity index is 0.00000242. The Bertz CT molecular complexity index is 415. The molecule has 8 heteroatoms. The number of carbonyl (C=O) groups excluding carboxylic acids is 2. The van der Waals surface area contributed by atoms with E-state index in [0.717, 1.165) is 12.5 Å². The normalized spacial score (nSPS) is 20.1. The van der Waals surface area contributed by atoms with Gasteiger partial charge in [-0.2, -0.15) is 0 Å². The van der Waals surface area contributed by atoms with Gasteiger partial charge in [0.2, 0.25) is 5.91 Å². The molecule has 1 saturated heterocycles. The molecule has 0 atom stereocenters. The van der Waals surface area contributed by atoms with Crippen LogP contribution in [0.1, 0.15) is 32.6 Å². The van der Waals surface area contributed by atoms with E-state index in [4.69, 9.17) is 0 Å². The van der Waals surface area contributed by atoms with Gasteiger partial charge in [-0.05, 0) is 24.7 Å². The summed E-state index contributed by atoms with van der Waals surface area (Å²) >= 11 is 0. The second-order valence-electron chi connectivity index (χ2n) is 5.76. The van der Waals surface area contributed by atoms with Crippen LogP contribution in [-0.2, 0) is 4.79 Å². The van der Waals surface area contributed by atoms with Gasteiger partial charge in [-0.25, -0.2) is 4.79 Å². The van der Waals surface area contributed by atoms with Gasteiger partial charge in [-0.1, -0.05) is 13.3 Å². The lowest BCUT2D eigenvalue weighted by Gasteiger charge is -2.41. The Kier molecular flexibility index (Phi) is 7.37. The lowest BCUT2D eigenvalue weighted by molar-refractivity contribution is -0.124. The van der Waals surface area contributed by atoms with Gasteiger partial charge in [-0.3, -0.25) is 14.7 Å². The quantitative estimate of drug-likeness (QED) is 0.257. The topological polar surface area (TPSA) is 85.8 Å². The van der Waals surface area contributed by atoms with Crippen LogP contribution in [-0.4, -0.2) is 56.0 Å². The molecule has 1 heterocycles. The average Bonchev–Trinajstić information content (AvgIpc) is 2.76. The summed E-state index contributed by atoms with van der Waals surface area (Å²) in [7, 11) is 1.72. The number of amides is 3. The molecule has 126 valence electrons. The molecule has 1 aliphatic carbocycles. The number of nitrogens with one attached hydrogen (secondary N) is 3. The fourth-order valence-electron chi connectivity index (χ4n) is 2.79. The first-order chi connectivity index (χ1) is 10.1. The van der Waals surface area contributed by atoms with E-state index in [-0.39, 0.29) is 42.5 Å². The third-order valence-electron chi connectivity index (χ3n) is 4.58. The molecule has 0 spiro atoms. The second kappa shape index (κ2) is 8.54. The van der Waals surface area contributed by atoms with Crippen LogP contribution in [0.5, 0.6) is 0 Å². The first kappa shape index (κ1) is 19.0. The Hall–Kier alpha value is -1.06. The van der Waals surface area contributed by atoms with Crippen molar-refractivity contribution in [1.29, 1.82) is 0 Å². The van der Waals surface area contributed by atoms with Crippen molar-refractivity contribution >= 4 is 41.9 Å². The molecule has 7 nitrogen and oxygen atoms in total. The summed E-state index contributed by atoms with van der Waals surface area (Å²) in [5.41, 5.74) is 0.419. The number of hydrogen-bond donors (Lipinski definition) is 3. The minimum atomic E-state index is -0.316. The maximum atomic E-state index is 11.4. The average molecular weight is 423 g/mol. The zero-order valence-corrected chi connectivity index (χ0v) is 15.6. The molecule has 1 aliphatic heterocycles. The van der Waals surface area contributed by atoms with Gasteiger partial charge in [-0.15, -0.1) is 24.0 Å². The molecule has 0 radical (unpaired) electrons. The van der Waals surface area contributed by atoms with Crippen LogP contribution in [0.15, 0.2) is 4.99 Å². The van der Waals surface area contributed by atoms with E-state index in [1.54, 1.807) is 7.05 Å². The number of halogens is 1.